The molecule has 0 bridgehead atoms. The molecule has 29 heavy (non-hydrogen) atoms. The summed E-state index contributed by atoms with van der Waals surface area (Å²) in [5.74, 6) is 0.757. The Morgan fingerprint density at radius 1 is 0.966 bits per heavy atom. The molecule has 2 rings (SSSR count). The van der Waals surface area contributed by atoms with Gasteiger partial charge >= 0.3 is 0 Å². The van der Waals surface area contributed by atoms with Gasteiger partial charge in [0.1, 0.15) is 5.75 Å². The Labute approximate surface area is 175 Å². The third-order valence-corrected chi connectivity index (χ3v) is 4.91. The lowest BCUT2D eigenvalue weighted by atomic mass is 10.1. The maximum Gasteiger partial charge on any atom is 0.253 e. The van der Waals surface area contributed by atoms with E-state index < -0.39 is 0 Å². The monoisotopic (exact) mass is 392 g/mol. The van der Waals surface area contributed by atoms with Crippen molar-refractivity contribution in [3.05, 3.63) is 65.7 Å². The van der Waals surface area contributed by atoms with E-state index in [0.717, 1.165) is 18.6 Å². The standard InChI is InChI=1S/C25H32N2O2/c1-2-3-4-5-9-21-29-24-15-13-23(14-16-24)25(28)27(19-10-18-26)20-17-22-11-7-6-8-12-22/h6-8,11-16H,2-5,9-10,17,19-21H2,1H3. The number of rotatable bonds is 13. The molecule has 2 aromatic carbocycles. The van der Waals surface area contributed by atoms with Crippen LogP contribution in [0.25, 0.3) is 0 Å². The van der Waals surface area contributed by atoms with Gasteiger partial charge in [-0.15, -0.1) is 0 Å². The number of carbonyl (C=O) groups excluding carboxylic acids is 1. The number of carbonyl (C=O) groups is 1. The number of nitriles is 1. The Balaban J connectivity index is 1.87. The minimum atomic E-state index is -0.0395. The average Bonchev–Trinajstić information content (AvgIpc) is 2.77. The lowest BCUT2D eigenvalue weighted by Gasteiger charge is -2.22. The highest BCUT2D eigenvalue weighted by atomic mass is 16.5. The number of amides is 1. The van der Waals surface area contributed by atoms with Crippen LogP contribution in [0.1, 0.15) is 61.4 Å². The van der Waals surface area contributed by atoms with E-state index in [1.165, 1.54) is 31.2 Å². The van der Waals surface area contributed by atoms with Crippen molar-refractivity contribution in [1.29, 1.82) is 5.26 Å². The molecule has 0 heterocycles. The first kappa shape index (κ1) is 22.5. The SMILES string of the molecule is CCCCCCCOc1ccc(C(=O)N(CCC#N)CCc2ccccc2)cc1. The van der Waals surface area contributed by atoms with Gasteiger partial charge in [0.15, 0.2) is 0 Å². The highest BCUT2D eigenvalue weighted by Crippen LogP contribution is 2.15. The van der Waals surface area contributed by atoms with Gasteiger partial charge in [0.25, 0.3) is 5.91 Å². The summed E-state index contributed by atoms with van der Waals surface area (Å²) in [4.78, 5) is 14.7. The largest absolute Gasteiger partial charge is 0.494 e. The Kier molecular flexibility index (Phi) is 10.4. The highest BCUT2D eigenvalue weighted by molar-refractivity contribution is 5.94. The van der Waals surface area contributed by atoms with E-state index >= 15 is 0 Å². The van der Waals surface area contributed by atoms with Crippen molar-refractivity contribution in [2.75, 3.05) is 19.7 Å². The van der Waals surface area contributed by atoms with Crippen molar-refractivity contribution in [3.8, 4) is 11.8 Å². The topological polar surface area (TPSA) is 53.3 Å². The van der Waals surface area contributed by atoms with Crippen LogP contribution in [0, 0.1) is 11.3 Å². The van der Waals surface area contributed by atoms with Gasteiger partial charge in [-0.1, -0.05) is 62.9 Å². The molecular weight excluding hydrogens is 360 g/mol. The predicted octanol–water partition coefficient (Wildman–Crippen LogP) is 5.63. The summed E-state index contributed by atoms with van der Waals surface area (Å²) >= 11 is 0. The first-order valence-corrected chi connectivity index (χ1v) is 10.7. The molecule has 0 fully saturated rings. The van der Waals surface area contributed by atoms with E-state index in [-0.39, 0.29) is 5.91 Å². The van der Waals surface area contributed by atoms with Crippen LogP contribution >= 0.6 is 0 Å². The molecule has 0 atom stereocenters. The van der Waals surface area contributed by atoms with Crippen molar-refractivity contribution >= 4 is 5.91 Å². The van der Waals surface area contributed by atoms with Gasteiger partial charge in [0, 0.05) is 18.7 Å². The van der Waals surface area contributed by atoms with Crippen LogP contribution in [0.3, 0.4) is 0 Å². The van der Waals surface area contributed by atoms with E-state index in [0.29, 0.717) is 31.7 Å². The van der Waals surface area contributed by atoms with Crippen LogP contribution in [0.4, 0.5) is 0 Å². The Morgan fingerprint density at radius 3 is 2.38 bits per heavy atom. The normalized spacial score (nSPS) is 10.3. The molecule has 154 valence electrons. The van der Waals surface area contributed by atoms with Crippen LogP contribution in [0.5, 0.6) is 5.75 Å². The third kappa shape index (κ3) is 8.39. The van der Waals surface area contributed by atoms with Crippen molar-refractivity contribution < 1.29 is 9.53 Å². The second kappa shape index (κ2) is 13.4. The Morgan fingerprint density at radius 2 is 1.69 bits per heavy atom. The molecule has 2 aromatic rings. The van der Waals surface area contributed by atoms with Gasteiger partial charge in [-0.25, -0.2) is 0 Å². The fourth-order valence-electron chi connectivity index (χ4n) is 3.18. The van der Waals surface area contributed by atoms with Gasteiger partial charge in [-0.3, -0.25) is 4.79 Å². The fraction of sp³-hybridized carbons (Fsp3) is 0.440. The van der Waals surface area contributed by atoms with Crippen LogP contribution in [0.2, 0.25) is 0 Å². The first-order chi connectivity index (χ1) is 14.2. The smallest absolute Gasteiger partial charge is 0.253 e. The molecule has 0 aromatic heterocycles. The van der Waals surface area contributed by atoms with Crippen LogP contribution in [0.15, 0.2) is 54.6 Å². The predicted molar refractivity (Wildman–Crippen MR) is 117 cm³/mol. The Bertz CT molecular complexity index is 751. The zero-order chi connectivity index (χ0) is 20.7. The maximum atomic E-state index is 12.9. The van der Waals surface area contributed by atoms with Crippen molar-refractivity contribution in [2.45, 2.75) is 51.9 Å². The first-order valence-electron chi connectivity index (χ1n) is 10.7. The molecular formula is C25H32N2O2. The molecule has 0 aliphatic carbocycles. The second-order valence-electron chi connectivity index (χ2n) is 7.22. The van der Waals surface area contributed by atoms with Crippen molar-refractivity contribution in [2.24, 2.45) is 0 Å². The summed E-state index contributed by atoms with van der Waals surface area (Å²) in [6, 6.07) is 19.6. The van der Waals surface area contributed by atoms with Crippen LogP contribution in [-0.2, 0) is 6.42 Å². The lowest BCUT2D eigenvalue weighted by molar-refractivity contribution is 0.0761. The van der Waals surface area contributed by atoms with Crippen LogP contribution in [-0.4, -0.2) is 30.5 Å². The van der Waals surface area contributed by atoms with E-state index in [9.17, 15) is 4.79 Å². The molecule has 0 unspecified atom stereocenters. The van der Waals surface area contributed by atoms with Gasteiger partial charge in [0.2, 0.25) is 0 Å². The quantitative estimate of drug-likeness (QED) is 0.415. The molecule has 0 saturated heterocycles. The maximum absolute atomic E-state index is 12.9. The van der Waals surface area contributed by atoms with Crippen molar-refractivity contribution in [1.82, 2.24) is 4.90 Å². The Hall–Kier alpha value is -2.80. The number of nitrogens with zero attached hydrogens (tertiary/aromatic N) is 2. The molecule has 0 aliphatic heterocycles. The third-order valence-electron chi connectivity index (χ3n) is 4.91. The van der Waals surface area contributed by atoms with E-state index in [4.69, 9.17) is 10.00 Å². The summed E-state index contributed by atoms with van der Waals surface area (Å²) in [5.41, 5.74) is 1.82. The summed E-state index contributed by atoms with van der Waals surface area (Å²) in [6.45, 7) is 3.96. The molecule has 0 spiro atoms. The average molecular weight is 393 g/mol. The number of benzene rings is 2. The minimum Gasteiger partial charge on any atom is -0.494 e. The number of hydrogen-bond acceptors (Lipinski definition) is 3. The van der Waals surface area contributed by atoms with Crippen LogP contribution < -0.4 is 4.74 Å². The summed E-state index contributed by atoms with van der Waals surface area (Å²) in [7, 11) is 0. The van der Waals surface area contributed by atoms with Gasteiger partial charge in [-0.05, 0) is 42.7 Å². The van der Waals surface area contributed by atoms with Crippen molar-refractivity contribution in [3.63, 3.8) is 0 Å². The van der Waals surface area contributed by atoms with Gasteiger partial charge in [-0.2, -0.15) is 5.26 Å². The van der Waals surface area contributed by atoms with Gasteiger partial charge < -0.3 is 9.64 Å². The highest BCUT2D eigenvalue weighted by Gasteiger charge is 2.15. The number of unbranched alkanes of at least 4 members (excludes halogenated alkanes) is 4. The zero-order valence-electron chi connectivity index (χ0n) is 17.5. The summed E-state index contributed by atoms with van der Waals surface area (Å²) < 4.78 is 5.78. The number of ether oxygens (including phenoxy) is 1. The van der Waals surface area contributed by atoms with E-state index in [1.54, 1.807) is 4.90 Å². The molecule has 4 heteroatoms. The molecule has 4 nitrogen and oxygen atoms in total. The zero-order valence-corrected chi connectivity index (χ0v) is 17.5. The van der Waals surface area contributed by atoms with E-state index in [2.05, 4.69) is 25.1 Å². The summed E-state index contributed by atoms with van der Waals surface area (Å²) in [5, 5.41) is 8.94. The molecule has 0 aliphatic rings. The molecule has 0 N–H and O–H groups in total. The minimum absolute atomic E-state index is 0.0395. The summed E-state index contributed by atoms with van der Waals surface area (Å²) in [6.07, 6.45) is 7.14. The molecule has 0 saturated carbocycles. The molecule has 1 amide bonds. The lowest BCUT2D eigenvalue weighted by Crippen LogP contribution is -2.33. The van der Waals surface area contributed by atoms with E-state index in [1.807, 2.05) is 42.5 Å². The van der Waals surface area contributed by atoms with Gasteiger partial charge in [0.05, 0.1) is 19.1 Å². The fourth-order valence-corrected chi connectivity index (χ4v) is 3.18. The molecule has 0 radical (unpaired) electrons. The number of hydrogen-bond donors (Lipinski definition) is 0. The second-order valence-corrected chi connectivity index (χ2v) is 7.22.